The molecule has 0 aromatic rings. The molecule has 0 saturated heterocycles. The highest BCUT2D eigenvalue weighted by molar-refractivity contribution is 5.94. The number of esters is 1. The van der Waals surface area contributed by atoms with Gasteiger partial charge in [0.15, 0.2) is 0 Å². The molecule has 1 unspecified atom stereocenters. The van der Waals surface area contributed by atoms with Gasteiger partial charge in [-0.1, -0.05) is 0 Å². The van der Waals surface area contributed by atoms with Gasteiger partial charge >= 0.3 is 5.97 Å². The molecule has 1 amide bonds. The van der Waals surface area contributed by atoms with E-state index in [0.717, 1.165) is 0 Å². The van der Waals surface area contributed by atoms with Crippen molar-refractivity contribution in [2.75, 3.05) is 20.3 Å². The van der Waals surface area contributed by atoms with Crippen LogP contribution in [-0.2, 0) is 23.8 Å². The van der Waals surface area contributed by atoms with Crippen molar-refractivity contribution in [3.63, 3.8) is 0 Å². The number of rotatable bonds is 3. The third-order valence-corrected chi connectivity index (χ3v) is 1.78. The molecule has 1 rings (SSSR count). The first-order valence-electron chi connectivity index (χ1n) is 4.48. The van der Waals surface area contributed by atoms with Crippen LogP contribution in [0.5, 0.6) is 0 Å². The molecule has 1 aliphatic heterocycles. The fraction of sp³-hybridized carbons (Fsp3) is 0.556. The van der Waals surface area contributed by atoms with Crippen LogP contribution in [0.15, 0.2) is 12.0 Å². The summed E-state index contributed by atoms with van der Waals surface area (Å²) >= 11 is 0. The molecular formula is C9H13NO5. The number of methoxy groups -OCH3 is 1. The third-order valence-electron chi connectivity index (χ3n) is 1.78. The van der Waals surface area contributed by atoms with E-state index in [2.05, 4.69) is 10.1 Å². The summed E-state index contributed by atoms with van der Waals surface area (Å²) in [7, 11) is 1.25. The van der Waals surface area contributed by atoms with E-state index >= 15 is 0 Å². The Balaban J connectivity index is 2.47. The van der Waals surface area contributed by atoms with Crippen molar-refractivity contribution in [2.24, 2.45) is 0 Å². The average Bonchev–Trinajstić information content (AvgIpc) is 2.29. The normalized spacial score (nSPS) is 16.5. The summed E-state index contributed by atoms with van der Waals surface area (Å²) in [5, 5.41) is 2.41. The number of ether oxygens (including phenoxy) is 3. The van der Waals surface area contributed by atoms with Gasteiger partial charge in [-0.2, -0.15) is 0 Å². The Labute approximate surface area is 87.2 Å². The van der Waals surface area contributed by atoms with Crippen LogP contribution in [0.2, 0.25) is 0 Å². The molecule has 0 saturated carbocycles. The molecule has 1 atom stereocenters. The zero-order valence-electron chi connectivity index (χ0n) is 8.61. The summed E-state index contributed by atoms with van der Waals surface area (Å²) in [6, 6.07) is -0.714. The maximum atomic E-state index is 11.4. The number of amides is 1. The minimum absolute atomic E-state index is 0.0667. The first-order chi connectivity index (χ1) is 7.15. The summed E-state index contributed by atoms with van der Waals surface area (Å²) in [4.78, 5) is 22.4. The summed E-state index contributed by atoms with van der Waals surface area (Å²) in [5.41, 5.74) is 0. The molecule has 1 N–H and O–H groups in total. The lowest BCUT2D eigenvalue weighted by atomic mass is 10.3. The molecule has 0 bridgehead atoms. The van der Waals surface area contributed by atoms with Gasteiger partial charge in [-0.25, -0.2) is 4.79 Å². The van der Waals surface area contributed by atoms with Gasteiger partial charge in [0.25, 0.3) is 5.91 Å². The highest BCUT2D eigenvalue weighted by Crippen LogP contribution is 2.04. The Morgan fingerprint density at radius 2 is 2.27 bits per heavy atom. The minimum Gasteiger partial charge on any atom is -0.494 e. The van der Waals surface area contributed by atoms with Crippen molar-refractivity contribution in [2.45, 2.75) is 13.0 Å². The molecule has 0 spiro atoms. The lowest BCUT2D eigenvalue weighted by molar-refractivity contribution is -0.144. The van der Waals surface area contributed by atoms with Crippen LogP contribution in [0.1, 0.15) is 6.92 Å². The van der Waals surface area contributed by atoms with E-state index in [-0.39, 0.29) is 5.76 Å². The fourth-order valence-electron chi connectivity index (χ4n) is 0.991. The number of nitrogens with one attached hydrogen (secondary N) is 1. The van der Waals surface area contributed by atoms with E-state index in [0.29, 0.717) is 13.2 Å². The lowest BCUT2D eigenvalue weighted by Crippen LogP contribution is -2.40. The molecular weight excluding hydrogens is 202 g/mol. The number of hydrogen-bond acceptors (Lipinski definition) is 5. The summed E-state index contributed by atoms with van der Waals surface area (Å²) in [6.45, 7) is 2.27. The van der Waals surface area contributed by atoms with Gasteiger partial charge in [0.05, 0.1) is 7.11 Å². The molecule has 0 aromatic carbocycles. The van der Waals surface area contributed by atoms with Crippen molar-refractivity contribution in [3.05, 3.63) is 12.0 Å². The van der Waals surface area contributed by atoms with Crippen molar-refractivity contribution in [1.82, 2.24) is 5.32 Å². The highest BCUT2D eigenvalue weighted by atomic mass is 16.6. The highest BCUT2D eigenvalue weighted by Gasteiger charge is 2.20. The maximum Gasteiger partial charge on any atom is 0.328 e. The van der Waals surface area contributed by atoms with Crippen molar-refractivity contribution in [1.29, 1.82) is 0 Å². The minimum atomic E-state index is -0.714. The van der Waals surface area contributed by atoms with Gasteiger partial charge in [0, 0.05) is 0 Å². The lowest BCUT2D eigenvalue weighted by Gasteiger charge is -2.16. The third kappa shape index (κ3) is 3.16. The molecule has 0 aromatic heterocycles. The Bertz CT molecular complexity index is 286. The molecule has 0 aliphatic carbocycles. The van der Waals surface area contributed by atoms with Gasteiger partial charge in [0.1, 0.15) is 25.5 Å². The van der Waals surface area contributed by atoms with Crippen LogP contribution in [0.25, 0.3) is 0 Å². The van der Waals surface area contributed by atoms with Crippen molar-refractivity contribution in [3.8, 4) is 0 Å². The van der Waals surface area contributed by atoms with Gasteiger partial charge < -0.3 is 19.5 Å². The van der Waals surface area contributed by atoms with Crippen LogP contribution in [-0.4, -0.2) is 38.2 Å². The van der Waals surface area contributed by atoms with Gasteiger partial charge in [-0.15, -0.1) is 0 Å². The number of hydrogen-bond donors (Lipinski definition) is 1. The van der Waals surface area contributed by atoms with Crippen LogP contribution >= 0.6 is 0 Å². The van der Waals surface area contributed by atoms with Crippen molar-refractivity contribution >= 4 is 11.9 Å². The summed E-state index contributed by atoms with van der Waals surface area (Å²) in [6.07, 6.45) is 1.23. The first kappa shape index (κ1) is 11.4. The second kappa shape index (κ2) is 5.23. The predicted molar refractivity (Wildman–Crippen MR) is 49.6 cm³/mol. The van der Waals surface area contributed by atoms with Crippen molar-refractivity contribution < 1.29 is 23.8 Å². The van der Waals surface area contributed by atoms with Gasteiger partial charge in [0.2, 0.25) is 5.76 Å². The second-order valence-electron chi connectivity index (χ2n) is 2.92. The van der Waals surface area contributed by atoms with E-state index < -0.39 is 17.9 Å². The zero-order valence-corrected chi connectivity index (χ0v) is 8.61. The Morgan fingerprint density at radius 1 is 1.53 bits per heavy atom. The standard InChI is InChI=1S/C9H13NO5/c1-6(9(12)13-2)10-8(11)7-5-14-3-4-15-7/h5-6H,3-4H2,1-2H3,(H,10,11). The molecule has 15 heavy (non-hydrogen) atoms. The molecule has 0 fully saturated rings. The molecule has 0 radical (unpaired) electrons. The topological polar surface area (TPSA) is 73.9 Å². The molecule has 6 nitrogen and oxygen atoms in total. The van der Waals surface area contributed by atoms with Gasteiger partial charge in [-0.3, -0.25) is 4.79 Å². The van der Waals surface area contributed by atoms with E-state index in [1.807, 2.05) is 0 Å². The quantitative estimate of drug-likeness (QED) is 0.645. The van der Waals surface area contributed by atoms with E-state index in [4.69, 9.17) is 9.47 Å². The molecule has 1 aliphatic rings. The van der Waals surface area contributed by atoms with Gasteiger partial charge in [-0.05, 0) is 6.92 Å². The van der Waals surface area contributed by atoms with Crippen LogP contribution in [0.4, 0.5) is 0 Å². The smallest absolute Gasteiger partial charge is 0.328 e. The number of carbonyl (C=O) groups excluding carboxylic acids is 2. The number of carbonyl (C=O) groups is 2. The summed E-state index contributed by atoms with van der Waals surface area (Å²) in [5.74, 6) is -0.940. The SMILES string of the molecule is COC(=O)C(C)NC(=O)C1=COCCO1. The van der Waals surface area contributed by atoms with Crippen LogP contribution < -0.4 is 5.32 Å². The predicted octanol–water partition coefficient (Wildman–Crippen LogP) is -0.448. The Hall–Kier alpha value is -1.72. The summed E-state index contributed by atoms with van der Waals surface area (Å²) < 4.78 is 14.4. The Kier molecular flexibility index (Phi) is 3.96. The van der Waals surface area contributed by atoms with E-state index in [1.165, 1.54) is 20.3 Å². The first-order valence-corrected chi connectivity index (χ1v) is 4.48. The maximum absolute atomic E-state index is 11.4. The fourth-order valence-corrected chi connectivity index (χ4v) is 0.991. The zero-order chi connectivity index (χ0) is 11.3. The van der Waals surface area contributed by atoms with Crippen LogP contribution in [0.3, 0.4) is 0 Å². The van der Waals surface area contributed by atoms with E-state index in [9.17, 15) is 9.59 Å². The molecule has 6 heteroatoms. The molecule has 1 heterocycles. The average molecular weight is 215 g/mol. The largest absolute Gasteiger partial charge is 0.494 e. The Morgan fingerprint density at radius 3 is 2.80 bits per heavy atom. The van der Waals surface area contributed by atoms with Crippen LogP contribution in [0, 0.1) is 0 Å². The second-order valence-corrected chi connectivity index (χ2v) is 2.92. The van der Waals surface area contributed by atoms with E-state index in [1.54, 1.807) is 0 Å². The monoisotopic (exact) mass is 215 g/mol. The molecule has 84 valence electrons.